The van der Waals surface area contributed by atoms with Gasteiger partial charge in [-0.3, -0.25) is 9.59 Å². The molecule has 1 N–H and O–H groups in total. The number of rotatable bonds is 6. The van der Waals surface area contributed by atoms with Crippen LogP contribution < -0.4 is 4.74 Å². The van der Waals surface area contributed by atoms with E-state index >= 15 is 0 Å². The van der Waals surface area contributed by atoms with Crippen LogP contribution in [0.25, 0.3) is 0 Å². The number of carbonyl (C=O) groups is 2. The van der Waals surface area contributed by atoms with Crippen molar-refractivity contribution in [2.45, 2.75) is 31.5 Å². The predicted octanol–water partition coefficient (Wildman–Crippen LogP) is 1.56. The van der Waals surface area contributed by atoms with E-state index in [1.165, 1.54) is 0 Å². The average Bonchev–Trinajstić information content (AvgIpc) is 3.13. The summed E-state index contributed by atoms with van der Waals surface area (Å²) in [6.07, 6.45) is 1.69. The Kier molecular flexibility index (Phi) is 5.88. The summed E-state index contributed by atoms with van der Waals surface area (Å²) in [6.45, 7) is 2.43. The average molecular weight is 349 g/mol. The summed E-state index contributed by atoms with van der Waals surface area (Å²) in [7, 11) is 0. The molecule has 0 aromatic heterocycles. The molecule has 0 saturated carbocycles. The Morgan fingerprint density at radius 3 is 2.60 bits per heavy atom. The molecule has 3 rings (SSSR count). The molecule has 0 spiro atoms. The fourth-order valence-corrected chi connectivity index (χ4v) is 3.06. The smallest absolute Gasteiger partial charge is 0.306 e. The Balaban J connectivity index is 1.53. The number of carboxylic acid groups (broad SMARTS) is 1. The van der Waals surface area contributed by atoms with Gasteiger partial charge in [-0.15, -0.1) is 0 Å². The van der Waals surface area contributed by atoms with Gasteiger partial charge in [-0.1, -0.05) is 0 Å². The molecular weight excluding hydrogens is 326 g/mol. The van der Waals surface area contributed by atoms with Gasteiger partial charge in [0.05, 0.1) is 25.2 Å². The van der Waals surface area contributed by atoms with Crippen molar-refractivity contribution in [1.82, 2.24) is 4.90 Å². The number of carboxylic acids is 1. The van der Waals surface area contributed by atoms with Crippen molar-refractivity contribution in [3.63, 3.8) is 0 Å². The van der Waals surface area contributed by atoms with Gasteiger partial charge in [-0.2, -0.15) is 0 Å². The quantitative estimate of drug-likeness (QED) is 0.839. The van der Waals surface area contributed by atoms with Gasteiger partial charge < -0.3 is 24.2 Å². The van der Waals surface area contributed by atoms with Crippen LogP contribution >= 0.6 is 0 Å². The molecule has 2 fully saturated rings. The molecule has 2 aliphatic rings. The van der Waals surface area contributed by atoms with E-state index in [1.807, 2.05) is 0 Å². The van der Waals surface area contributed by atoms with Gasteiger partial charge in [0, 0.05) is 25.3 Å². The fraction of sp³-hybridized carbons (Fsp3) is 0.556. The van der Waals surface area contributed by atoms with Gasteiger partial charge in [0.25, 0.3) is 5.91 Å². The lowest BCUT2D eigenvalue weighted by Gasteiger charge is -2.32. The molecule has 2 heterocycles. The fourth-order valence-electron chi connectivity index (χ4n) is 3.06. The van der Waals surface area contributed by atoms with Gasteiger partial charge in [-0.25, -0.2) is 0 Å². The van der Waals surface area contributed by atoms with E-state index in [0.717, 1.165) is 19.4 Å². The molecule has 2 aliphatic heterocycles. The van der Waals surface area contributed by atoms with E-state index < -0.39 is 12.1 Å². The van der Waals surface area contributed by atoms with Gasteiger partial charge >= 0.3 is 5.97 Å². The minimum Gasteiger partial charge on any atom is -0.491 e. The predicted molar refractivity (Wildman–Crippen MR) is 88.8 cm³/mol. The molecule has 136 valence electrons. The second-order valence-electron chi connectivity index (χ2n) is 6.31. The lowest BCUT2D eigenvalue weighted by atomic mass is 10.1. The normalized spacial score (nSPS) is 23.4. The van der Waals surface area contributed by atoms with Crippen molar-refractivity contribution in [3.05, 3.63) is 29.8 Å². The summed E-state index contributed by atoms with van der Waals surface area (Å²) in [6, 6.07) is 7.01. The van der Waals surface area contributed by atoms with Crippen molar-refractivity contribution in [2.24, 2.45) is 0 Å². The number of nitrogens with zero attached hydrogens (tertiary/aromatic N) is 1. The second kappa shape index (κ2) is 8.31. The molecule has 0 radical (unpaired) electrons. The first kappa shape index (κ1) is 17.7. The lowest BCUT2D eigenvalue weighted by Crippen LogP contribution is -2.46. The van der Waals surface area contributed by atoms with Crippen LogP contribution in [0.3, 0.4) is 0 Å². The third-order valence-corrected chi connectivity index (χ3v) is 4.39. The van der Waals surface area contributed by atoms with Gasteiger partial charge in [0.15, 0.2) is 0 Å². The summed E-state index contributed by atoms with van der Waals surface area (Å²) in [5.74, 6) is -0.339. The Labute approximate surface area is 146 Å². The van der Waals surface area contributed by atoms with Crippen LogP contribution in [-0.2, 0) is 14.3 Å². The standard InChI is InChI=1S/C18H23NO6/c20-17(21)10-16-11-19(7-9-24-16)18(22)13-3-5-14(6-4-13)25-12-15-2-1-8-23-15/h3-6,15-16H,1-2,7-12H2,(H,20,21). The van der Waals surface area contributed by atoms with E-state index in [1.54, 1.807) is 29.2 Å². The summed E-state index contributed by atoms with van der Waals surface area (Å²) < 4.78 is 16.6. The van der Waals surface area contributed by atoms with Crippen molar-refractivity contribution >= 4 is 11.9 Å². The van der Waals surface area contributed by atoms with Gasteiger partial charge in [0.1, 0.15) is 12.4 Å². The minimum atomic E-state index is -0.924. The molecular formula is C18H23NO6. The van der Waals surface area contributed by atoms with E-state index in [4.69, 9.17) is 19.3 Å². The van der Waals surface area contributed by atoms with Crippen LogP contribution in [0.5, 0.6) is 5.75 Å². The number of ether oxygens (including phenoxy) is 3. The zero-order chi connectivity index (χ0) is 17.6. The van der Waals surface area contributed by atoms with E-state index in [2.05, 4.69) is 0 Å². The number of benzene rings is 1. The molecule has 25 heavy (non-hydrogen) atoms. The van der Waals surface area contributed by atoms with Crippen molar-refractivity contribution in [1.29, 1.82) is 0 Å². The van der Waals surface area contributed by atoms with Crippen LogP contribution in [0.4, 0.5) is 0 Å². The molecule has 7 nitrogen and oxygen atoms in total. The number of carbonyl (C=O) groups excluding carboxylic acids is 1. The Bertz CT molecular complexity index is 596. The lowest BCUT2D eigenvalue weighted by molar-refractivity contribution is -0.141. The number of aliphatic carboxylic acids is 1. The maximum Gasteiger partial charge on any atom is 0.306 e. The number of morpholine rings is 1. The van der Waals surface area contributed by atoms with E-state index in [-0.39, 0.29) is 18.4 Å². The zero-order valence-electron chi connectivity index (χ0n) is 14.1. The molecule has 1 aromatic carbocycles. The third kappa shape index (κ3) is 4.93. The first-order valence-corrected chi connectivity index (χ1v) is 8.59. The number of hydrogen-bond acceptors (Lipinski definition) is 5. The second-order valence-corrected chi connectivity index (χ2v) is 6.31. The zero-order valence-corrected chi connectivity index (χ0v) is 14.1. The van der Waals surface area contributed by atoms with Crippen LogP contribution in [0, 0.1) is 0 Å². The van der Waals surface area contributed by atoms with Gasteiger partial charge in [0.2, 0.25) is 0 Å². The summed E-state index contributed by atoms with van der Waals surface area (Å²) in [5, 5.41) is 8.86. The molecule has 1 aromatic rings. The molecule has 7 heteroatoms. The minimum absolute atomic E-state index is 0.0974. The summed E-state index contributed by atoms with van der Waals surface area (Å²) in [4.78, 5) is 25.0. The van der Waals surface area contributed by atoms with E-state index in [0.29, 0.717) is 37.6 Å². The van der Waals surface area contributed by atoms with Crippen molar-refractivity contribution in [3.8, 4) is 5.75 Å². The highest BCUT2D eigenvalue weighted by Crippen LogP contribution is 2.18. The topological polar surface area (TPSA) is 85.3 Å². The van der Waals surface area contributed by atoms with Crippen LogP contribution in [0.2, 0.25) is 0 Å². The molecule has 2 atom stereocenters. The van der Waals surface area contributed by atoms with Crippen LogP contribution in [0.1, 0.15) is 29.6 Å². The first-order chi connectivity index (χ1) is 12.1. The van der Waals surface area contributed by atoms with Crippen LogP contribution in [0.15, 0.2) is 24.3 Å². The number of amides is 1. The molecule has 2 unspecified atom stereocenters. The monoisotopic (exact) mass is 349 g/mol. The Morgan fingerprint density at radius 2 is 1.92 bits per heavy atom. The van der Waals surface area contributed by atoms with Crippen molar-refractivity contribution in [2.75, 3.05) is 32.9 Å². The molecule has 1 amide bonds. The molecule has 0 aliphatic carbocycles. The highest BCUT2D eigenvalue weighted by Gasteiger charge is 2.26. The highest BCUT2D eigenvalue weighted by molar-refractivity contribution is 5.94. The summed E-state index contributed by atoms with van der Waals surface area (Å²) >= 11 is 0. The van der Waals surface area contributed by atoms with Crippen LogP contribution in [-0.4, -0.2) is 67.0 Å². The number of hydrogen-bond donors (Lipinski definition) is 1. The van der Waals surface area contributed by atoms with Gasteiger partial charge in [-0.05, 0) is 37.1 Å². The SMILES string of the molecule is O=C(O)CC1CN(C(=O)c2ccc(OCC3CCCO3)cc2)CCO1. The molecule has 2 saturated heterocycles. The maximum atomic E-state index is 12.6. The Morgan fingerprint density at radius 1 is 1.16 bits per heavy atom. The summed E-state index contributed by atoms with van der Waals surface area (Å²) in [5.41, 5.74) is 0.556. The highest BCUT2D eigenvalue weighted by atomic mass is 16.5. The first-order valence-electron chi connectivity index (χ1n) is 8.59. The molecule has 0 bridgehead atoms. The maximum absolute atomic E-state index is 12.6. The van der Waals surface area contributed by atoms with E-state index in [9.17, 15) is 9.59 Å². The van der Waals surface area contributed by atoms with Crippen molar-refractivity contribution < 1.29 is 28.9 Å². The third-order valence-electron chi connectivity index (χ3n) is 4.39. The largest absolute Gasteiger partial charge is 0.491 e. The Hall–Kier alpha value is -2.12.